The Hall–Kier alpha value is -1.89. The number of ether oxygens (including phenoxy) is 1. The van der Waals surface area contributed by atoms with Crippen LogP contribution >= 0.6 is 11.3 Å². The number of rotatable bonds is 7. The predicted octanol–water partition coefficient (Wildman–Crippen LogP) is 4.66. The van der Waals surface area contributed by atoms with Crippen molar-refractivity contribution in [3.8, 4) is 0 Å². The molecular weight excluding hydrogens is 406 g/mol. The van der Waals surface area contributed by atoms with E-state index in [2.05, 4.69) is 45.4 Å². The highest BCUT2D eigenvalue weighted by atomic mass is 32.1. The van der Waals surface area contributed by atoms with Gasteiger partial charge in [-0.2, -0.15) is 0 Å². The molecule has 6 heteroatoms. The first-order valence-electron chi connectivity index (χ1n) is 11.8. The predicted molar refractivity (Wildman–Crippen MR) is 127 cm³/mol. The first kappa shape index (κ1) is 21.0. The summed E-state index contributed by atoms with van der Waals surface area (Å²) in [4.78, 5) is 17.7. The lowest BCUT2D eigenvalue weighted by Gasteiger charge is -2.27. The molecule has 1 aliphatic carbocycles. The Bertz CT molecular complexity index is 1080. The van der Waals surface area contributed by atoms with E-state index in [-0.39, 0.29) is 5.78 Å². The summed E-state index contributed by atoms with van der Waals surface area (Å²) in [5, 5.41) is 3.32. The van der Waals surface area contributed by atoms with Crippen LogP contribution in [0.2, 0.25) is 0 Å². The highest BCUT2D eigenvalue weighted by Gasteiger charge is 2.29. The van der Waals surface area contributed by atoms with E-state index in [1.807, 2.05) is 0 Å². The first-order valence-corrected chi connectivity index (χ1v) is 12.7. The zero-order valence-electron chi connectivity index (χ0n) is 18.8. The van der Waals surface area contributed by atoms with E-state index in [1.165, 1.54) is 34.3 Å². The van der Waals surface area contributed by atoms with Crippen LogP contribution in [0.1, 0.15) is 59.2 Å². The molecule has 1 saturated heterocycles. The van der Waals surface area contributed by atoms with Crippen LogP contribution in [0.5, 0.6) is 0 Å². The van der Waals surface area contributed by atoms with Crippen LogP contribution in [0.15, 0.2) is 17.5 Å². The van der Waals surface area contributed by atoms with Crippen LogP contribution in [0.4, 0.5) is 0 Å². The van der Waals surface area contributed by atoms with Gasteiger partial charge in [0.15, 0.2) is 0 Å². The van der Waals surface area contributed by atoms with Crippen molar-refractivity contribution < 1.29 is 9.53 Å². The second-order valence-corrected chi connectivity index (χ2v) is 9.78. The fourth-order valence-corrected chi connectivity index (χ4v) is 6.34. The zero-order valence-corrected chi connectivity index (χ0v) is 19.6. The third-order valence-corrected chi connectivity index (χ3v) is 7.94. The molecule has 166 valence electrons. The molecule has 0 radical (unpaired) electrons. The second kappa shape index (κ2) is 8.93. The molecule has 1 fully saturated rings. The van der Waals surface area contributed by atoms with Crippen LogP contribution in [0.25, 0.3) is 10.2 Å². The molecule has 3 aromatic rings. The van der Waals surface area contributed by atoms with Gasteiger partial charge >= 0.3 is 0 Å². The van der Waals surface area contributed by atoms with Gasteiger partial charge in [0.05, 0.1) is 18.9 Å². The smallest absolute Gasteiger partial charge is 0.211 e. The molecular formula is C25H33N3O2S. The maximum absolute atomic E-state index is 14.0. The fourth-order valence-electron chi connectivity index (χ4n) is 5.42. The number of aromatic nitrogens is 2. The number of ketones is 1. The Morgan fingerprint density at radius 3 is 2.71 bits per heavy atom. The van der Waals surface area contributed by atoms with Gasteiger partial charge in [0.2, 0.25) is 5.78 Å². The van der Waals surface area contributed by atoms with E-state index in [0.29, 0.717) is 0 Å². The molecule has 4 heterocycles. The molecule has 0 bridgehead atoms. The fraction of sp³-hybridized carbons (Fsp3) is 0.560. The molecule has 0 amide bonds. The lowest BCUT2D eigenvalue weighted by atomic mass is 9.92. The Morgan fingerprint density at radius 1 is 1.10 bits per heavy atom. The summed E-state index contributed by atoms with van der Waals surface area (Å²) in [6.07, 6.45) is 5.57. The minimum Gasteiger partial charge on any atom is -0.379 e. The Balaban J connectivity index is 1.51. The molecule has 31 heavy (non-hydrogen) atoms. The molecule has 2 aliphatic rings. The van der Waals surface area contributed by atoms with Crippen LogP contribution in [-0.4, -0.2) is 52.7 Å². The van der Waals surface area contributed by atoms with Crippen LogP contribution in [0, 0.1) is 6.92 Å². The van der Waals surface area contributed by atoms with Crippen molar-refractivity contribution >= 4 is 27.3 Å². The topological polar surface area (TPSA) is 39.4 Å². The molecule has 0 aromatic carbocycles. The van der Waals surface area contributed by atoms with E-state index < -0.39 is 0 Å². The summed E-state index contributed by atoms with van der Waals surface area (Å²) in [5.41, 5.74) is 5.75. The molecule has 0 spiro atoms. The van der Waals surface area contributed by atoms with Crippen molar-refractivity contribution in [2.45, 2.75) is 59.0 Å². The Labute approximate surface area is 188 Å². The van der Waals surface area contributed by atoms with Gasteiger partial charge in [-0.05, 0) is 62.1 Å². The number of hydrogen-bond acceptors (Lipinski definition) is 4. The largest absolute Gasteiger partial charge is 0.379 e. The Morgan fingerprint density at radius 2 is 1.90 bits per heavy atom. The summed E-state index contributed by atoms with van der Waals surface area (Å²) in [7, 11) is 0. The SMILES string of the molecule is CCCn1c(C(=O)c2c3c(n(CCN4CCOCC4)c2C)CCCC3)cc2ccsc21. The number of carbonyl (C=O) groups is 1. The molecule has 5 rings (SSSR count). The van der Waals surface area contributed by atoms with Crippen molar-refractivity contribution in [1.29, 1.82) is 0 Å². The first-order chi connectivity index (χ1) is 15.2. The summed E-state index contributed by atoms with van der Waals surface area (Å²) in [5.74, 6) is 0.220. The van der Waals surface area contributed by atoms with E-state index in [9.17, 15) is 4.79 Å². The van der Waals surface area contributed by atoms with Crippen molar-refractivity contribution in [2.75, 3.05) is 32.8 Å². The van der Waals surface area contributed by atoms with Crippen molar-refractivity contribution in [1.82, 2.24) is 14.0 Å². The third kappa shape index (κ3) is 3.79. The zero-order chi connectivity index (χ0) is 21.4. The minimum absolute atomic E-state index is 0.220. The standard InChI is InChI=1S/C25H33N3O2S/c1-3-9-28-22(17-19-8-16-31-25(19)28)24(29)23-18(2)27(21-7-5-4-6-20(21)23)11-10-26-12-14-30-15-13-26/h8,16-17H,3-7,9-15H2,1-2H3. The lowest BCUT2D eigenvalue weighted by molar-refractivity contribution is 0.0362. The van der Waals surface area contributed by atoms with Crippen molar-refractivity contribution in [3.05, 3.63) is 45.7 Å². The van der Waals surface area contributed by atoms with Gasteiger partial charge in [0.1, 0.15) is 4.83 Å². The van der Waals surface area contributed by atoms with Gasteiger partial charge in [-0.15, -0.1) is 11.3 Å². The number of nitrogens with zero attached hydrogens (tertiary/aromatic N) is 3. The monoisotopic (exact) mass is 439 g/mol. The van der Waals surface area contributed by atoms with E-state index in [1.54, 1.807) is 11.3 Å². The van der Waals surface area contributed by atoms with E-state index in [4.69, 9.17) is 4.74 Å². The average molecular weight is 440 g/mol. The molecule has 1 aliphatic heterocycles. The number of thiophene rings is 1. The van der Waals surface area contributed by atoms with Crippen molar-refractivity contribution in [2.24, 2.45) is 0 Å². The van der Waals surface area contributed by atoms with Crippen molar-refractivity contribution in [3.63, 3.8) is 0 Å². The van der Waals surface area contributed by atoms with Gasteiger partial charge in [-0.1, -0.05) is 6.92 Å². The highest BCUT2D eigenvalue weighted by molar-refractivity contribution is 7.16. The summed E-state index contributed by atoms with van der Waals surface area (Å²) < 4.78 is 10.2. The number of fused-ring (bicyclic) bond motifs is 2. The lowest BCUT2D eigenvalue weighted by Crippen LogP contribution is -2.38. The summed E-state index contributed by atoms with van der Waals surface area (Å²) in [6.45, 7) is 10.9. The number of carbonyl (C=O) groups excluding carboxylic acids is 1. The molecule has 0 atom stereocenters. The van der Waals surface area contributed by atoms with E-state index in [0.717, 1.165) is 82.2 Å². The normalized spacial score (nSPS) is 17.4. The summed E-state index contributed by atoms with van der Waals surface area (Å²) >= 11 is 1.74. The maximum Gasteiger partial charge on any atom is 0.211 e. The maximum atomic E-state index is 14.0. The molecule has 0 saturated carbocycles. The highest BCUT2D eigenvalue weighted by Crippen LogP contribution is 2.34. The van der Waals surface area contributed by atoms with Crippen LogP contribution in [0.3, 0.4) is 0 Å². The average Bonchev–Trinajstić information content (AvgIpc) is 3.45. The van der Waals surface area contributed by atoms with Gasteiger partial charge in [-0.25, -0.2) is 0 Å². The van der Waals surface area contributed by atoms with Gasteiger partial charge in [0, 0.05) is 55.1 Å². The molecule has 0 N–H and O–H groups in total. The minimum atomic E-state index is 0.220. The van der Waals surface area contributed by atoms with E-state index >= 15 is 0 Å². The van der Waals surface area contributed by atoms with Gasteiger partial charge in [-0.3, -0.25) is 9.69 Å². The number of hydrogen-bond donors (Lipinski definition) is 0. The third-order valence-electron chi connectivity index (χ3n) is 6.99. The molecule has 0 unspecified atom stereocenters. The van der Waals surface area contributed by atoms with Crippen LogP contribution < -0.4 is 0 Å². The van der Waals surface area contributed by atoms with Crippen LogP contribution in [-0.2, 0) is 30.7 Å². The Kier molecular flexibility index (Phi) is 6.04. The quantitative estimate of drug-likeness (QED) is 0.503. The molecule has 3 aromatic heterocycles. The van der Waals surface area contributed by atoms with Gasteiger partial charge < -0.3 is 13.9 Å². The second-order valence-electron chi connectivity index (χ2n) is 8.89. The summed E-state index contributed by atoms with van der Waals surface area (Å²) in [6, 6.07) is 4.25. The number of aryl methyl sites for hydroxylation is 1. The van der Waals surface area contributed by atoms with Gasteiger partial charge in [0.25, 0.3) is 0 Å². The number of morpholine rings is 1. The molecule has 5 nitrogen and oxygen atoms in total.